The second-order valence-electron chi connectivity index (χ2n) is 7.92. The normalized spacial score (nSPS) is 10.6. The lowest BCUT2D eigenvalue weighted by molar-refractivity contribution is 0.0470. The summed E-state index contributed by atoms with van der Waals surface area (Å²) >= 11 is 0. The largest absolute Gasteiger partial charge is 0.497 e. The molecule has 0 N–H and O–H groups in total. The van der Waals surface area contributed by atoms with Crippen molar-refractivity contribution >= 4 is 11.8 Å². The zero-order valence-electron chi connectivity index (χ0n) is 21.0. The van der Waals surface area contributed by atoms with Gasteiger partial charge in [0, 0.05) is 23.5 Å². The minimum Gasteiger partial charge on any atom is -0.497 e. The van der Waals surface area contributed by atoms with Crippen LogP contribution in [-0.4, -0.2) is 51.4 Å². The Morgan fingerprint density at radius 1 is 0.800 bits per heavy atom. The van der Waals surface area contributed by atoms with Crippen LogP contribution in [0.4, 0.5) is 0 Å². The predicted molar refractivity (Wildman–Crippen MR) is 131 cm³/mol. The van der Waals surface area contributed by atoms with E-state index in [0.29, 0.717) is 11.3 Å². The third-order valence-corrected chi connectivity index (χ3v) is 5.92. The average Bonchev–Trinajstić information content (AvgIpc) is 3.17. The van der Waals surface area contributed by atoms with Gasteiger partial charge in [-0.1, -0.05) is 12.1 Å². The fraction of sp³-hybridized carbons (Fsp3) is 0.333. The van der Waals surface area contributed by atoms with Gasteiger partial charge in [-0.15, -0.1) is 0 Å². The molecule has 1 aromatic heterocycles. The molecule has 1 heterocycles. The first kappa shape index (κ1) is 25.7. The van der Waals surface area contributed by atoms with Crippen molar-refractivity contribution in [2.45, 2.75) is 26.8 Å². The van der Waals surface area contributed by atoms with Crippen molar-refractivity contribution < 1.29 is 33.3 Å². The van der Waals surface area contributed by atoms with E-state index in [2.05, 4.69) is 4.57 Å². The molecule has 3 rings (SSSR count). The van der Waals surface area contributed by atoms with Gasteiger partial charge in [0.15, 0.2) is 18.1 Å². The van der Waals surface area contributed by atoms with Gasteiger partial charge in [-0.3, -0.25) is 4.79 Å². The SMILES string of the molecule is COc1ccc(CCn2c(C)cc(C(=O)COC(=O)c3ccc(OC)c(OC)c3OC)c2C)cc1. The molecule has 3 aromatic rings. The Morgan fingerprint density at radius 2 is 1.49 bits per heavy atom. The number of nitrogens with zero attached hydrogens (tertiary/aromatic N) is 1. The van der Waals surface area contributed by atoms with Gasteiger partial charge in [0.25, 0.3) is 0 Å². The number of hydrogen-bond donors (Lipinski definition) is 0. The molecule has 2 aromatic carbocycles. The van der Waals surface area contributed by atoms with Gasteiger partial charge in [-0.2, -0.15) is 0 Å². The molecule has 0 radical (unpaired) electrons. The standard InChI is InChI=1S/C27H31NO7/c1-17-15-22(18(2)28(17)14-13-19-7-9-20(31-3)10-8-19)23(29)16-35-27(30)21-11-12-24(32-4)26(34-6)25(21)33-5/h7-12,15H,13-14,16H2,1-6H3. The third kappa shape index (κ3) is 5.59. The van der Waals surface area contributed by atoms with Gasteiger partial charge in [-0.05, 0) is 56.2 Å². The van der Waals surface area contributed by atoms with Crippen LogP contribution in [0.15, 0.2) is 42.5 Å². The van der Waals surface area contributed by atoms with Gasteiger partial charge in [0.1, 0.15) is 11.3 Å². The molecule has 0 atom stereocenters. The molecular weight excluding hydrogens is 450 g/mol. The topological polar surface area (TPSA) is 85.2 Å². The van der Waals surface area contributed by atoms with Crippen molar-refractivity contribution in [3.8, 4) is 23.0 Å². The summed E-state index contributed by atoms with van der Waals surface area (Å²) in [6, 6.07) is 12.8. The molecule has 35 heavy (non-hydrogen) atoms. The summed E-state index contributed by atoms with van der Waals surface area (Å²) in [5.41, 5.74) is 3.64. The van der Waals surface area contributed by atoms with Crippen LogP contribution in [-0.2, 0) is 17.7 Å². The molecule has 186 valence electrons. The summed E-state index contributed by atoms with van der Waals surface area (Å²) in [5, 5.41) is 0. The maximum Gasteiger partial charge on any atom is 0.342 e. The molecule has 0 amide bonds. The third-order valence-electron chi connectivity index (χ3n) is 5.92. The molecule has 0 aliphatic heterocycles. The molecule has 0 saturated heterocycles. The van der Waals surface area contributed by atoms with Gasteiger partial charge in [0.05, 0.1) is 28.4 Å². The van der Waals surface area contributed by atoms with E-state index in [0.717, 1.165) is 30.1 Å². The Labute approximate surface area is 205 Å². The highest BCUT2D eigenvalue weighted by atomic mass is 16.5. The summed E-state index contributed by atoms with van der Waals surface area (Å²) in [4.78, 5) is 25.6. The molecule has 0 saturated carbocycles. The number of methoxy groups -OCH3 is 4. The number of benzene rings is 2. The van der Waals surface area contributed by atoms with Crippen molar-refractivity contribution in [2.24, 2.45) is 0 Å². The quantitative estimate of drug-likeness (QED) is 0.296. The number of carbonyl (C=O) groups excluding carboxylic acids is 2. The van der Waals surface area contributed by atoms with Crippen LogP contribution in [0, 0.1) is 13.8 Å². The average molecular weight is 482 g/mol. The fourth-order valence-electron chi connectivity index (χ4n) is 4.01. The monoisotopic (exact) mass is 481 g/mol. The van der Waals surface area contributed by atoms with Crippen molar-refractivity contribution in [1.82, 2.24) is 4.57 Å². The fourth-order valence-corrected chi connectivity index (χ4v) is 4.01. The molecule has 0 bridgehead atoms. The van der Waals surface area contributed by atoms with Gasteiger partial charge < -0.3 is 28.3 Å². The summed E-state index contributed by atoms with van der Waals surface area (Å²) in [7, 11) is 5.99. The number of rotatable bonds is 11. The lowest BCUT2D eigenvalue weighted by atomic mass is 10.1. The van der Waals surface area contributed by atoms with Crippen LogP contribution >= 0.6 is 0 Å². The van der Waals surface area contributed by atoms with Crippen LogP contribution < -0.4 is 18.9 Å². The van der Waals surface area contributed by atoms with Crippen molar-refractivity contribution in [1.29, 1.82) is 0 Å². The van der Waals surface area contributed by atoms with Crippen LogP contribution in [0.2, 0.25) is 0 Å². The number of aromatic nitrogens is 1. The highest BCUT2D eigenvalue weighted by molar-refractivity contribution is 6.01. The Balaban J connectivity index is 1.69. The first-order chi connectivity index (χ1) is 16.8. The number of aryl methyl sites for hydroxylation is 2. The minimum atomic E-state index is -0.690. The van der Waals surface area contributed by atoms with Crippen molar-refractivity contribution in [2.75, 3.05) is 35.0 Å². The lowest BCUT2D eigenvalue weighted by Gasteiger charge is -2.15. The van der Waals surface area contributed by atoms with E-state index < -0.39 is 5.97 Å². The van der Waals surface area contributed by atoms with Gasteiger partial charge in [-0.25, -0.2) is 4.79 Å². The maximum atomic E-state index is 12.9. The number of ketones is 1. The molecular formula is C27H31NO7. The summed E-state index contributed by atoms with van der Waals surface area (Å²) in [6.45, 7) is 4.19. The van der Waals surface area contributed by atoms with E-state index in [9.17, 15) is 9.59 Å². The number of ether oxygens (including phenoxy) is 5. The molecule has 8 heteroatoms. The number of Topliss-reactive ketones (excluding diaryl/α,β-unsaturated/α-hetero) is 1. The zero-order chi connectivity index (χ0) is 25.5. The number of hydrogen-bond acceptors (Lipinski definition) is 7. The van der Waals surface area contributed by atoms with E-state index in [-0.39, 0.29) is 29.5 Å². The molecule has 0 fully saturated rings. The number of carbonyl (C=O) groups is 2. The smallest absolute Gasteiger partial charge is 0.342 e. The highest BCUT2D eigenvalue weighted by Gasteiger charge is 2.23. The first-order valence-electron chi connectivity index (χ1n) is 11.1. The van der Waals surface area contributed by atoms with Crippen LogP contribution in [0.5, 0.6) is 23.0 Å². The van der Waals surface area contributed by atoms with E-state index in [1.54, 1.807) is 13.2 Å². The van der Waals surface area contributed by atoms with Gasteiger partial charge >= 0.3 is 5.97 Å². The zero-order valence-corrected chi connectivity index (χ0v) is 21.0. The molecule has 8 nitrogen and oxygen atoms in total. The van der Waals surface area contributed by atoms with E-state index in [1.807, 2.05) is 44.2 Å². The predicted octanol–water partition coefficient (Wildman–Crippen LogP) is 4.42. The Hall–Kier alpha value is -3.94. The summed E-state index contributed by atoms with van der Waals surface area (Å²) < 4.78 is 28.5. The first-order valence-corrected chi connectivity index (χ1v) is 11.1. The van der Waals surface area contributed by atoms with Crippen LogP contribution in [0.1, 0.15) is 37.7 Å². The second kappa shape index (κ2) is 11.5. The Kier molecular flexibility index (Phi) is 8.41. The van der Waals surface area contributed by atoms with Crippen LogP contribution in [0.25, 0.3) is 0 Å². The Bertz CT molecular complexity index is 1200. The summed E-state index contributed by atoms with van der Waals surface area (Å²) in [6.07, 6.45) is 0.808. The van der Waals surface area contributed by atoms with Crippen LogP contribution in [0.3, 0.4) is 0 Å². The Morgan fingerprint density at radius 3 is 2.09 bits per heavy atom. The highest BCUT2D eigenvalue weighted by Crippen LogP contribution is 2.40. The maximum absolute atomic E-state index is 12.9. The number of esters is 1. The minimum absolute atomic E-state index is 0.142. The van der Waals surface area contributed by atoms with Crippen molar-refractivity contribution in [3.05, 3.63) is 70.5 Å². The molecule has 0 unspecified atom stereocenters. The van der Waals surface area contributed by atoms with E-state index in [4.69, 9.17) is 23.7 Å². The van der Waals surface area contributed by atoms with Crippen molar-refractivity contribution in [3.63, 3.8) is 0 Å². The van der Waals surface area contributed by atoms with Gasteiger partial charge in [0.2, 0.25) is 11.5 Å². The van der Waals surface area contributed by atoms with E-state index in [1.165, 1.54) is 33.0 Å². The second-order valence-corrected chi connectivity index (χ2v) is 7.92. The van der Waals surface area contributed by atoms with E-state index >= 15 is 0 Å². The lowest BCUT2D eigenvalue weighted by Crippen LogP contribution is -2.16. The molecule has 0 aliphatic carbocycles. The summed E-state index contributed by atoms with van der Waals surface area (Å²) in [5.74, 6) is 0.720. The molecule has 0 spiro atoms. The molecule has 0 aliphatic rings.